The van der Waals surface area contributed by atoms with Crippen molar-refractivity contribution in [3.8, 4) is 11.3 Å². The van der Waals surface area contributed by atoms with Gasteiger partial charge >= 0.3 is 0 Å². The number of benzene rings is 1. The number of hydrogen-bond donors (Lipinski definition) is 1. The number of nitrogens with two attached hydrogens (primary N) is 1. The molecule has 94 valence electrons. The molecule has 0 aliphatic rings. The van der Waals surface area contributed by atoms with Crippen molar-refractivity contribution in [3.05, 3.63) is 46.1 Å². The average Bonchev–Trinajstić information content (AvgIpc) is 2.37. The highest BCUT2D eigenvalue weighted by atomic mass is 15.1. The Bertz CT molecular complexity index is 545. The van der Waals surface area contributed by atoms with E-state index in [4.69, 9.17) is 5.73 Å². The van der Waals surface area contributed by atoms with Gasteiger partial charge in [0.2, 0.25) is 0 Å². The molecule has 2 N–H and O–H groups in total. The van der Waals surface area contributed by atoms with E-state index in [-0.39, 0.29) is 0 Å². The van der Waals surface area contributed by atoms with Gasteiger partial charge in [-0.2, -0.15) is 10.2 Å². The van der Waals surface area contributed by atoms with Crippen LogP contribution in [0.15, 0.2) is 18.2 Å². The van der Waals surface area contributed by atoms with E-state index in [0.717, 1.165) is 11.4 Å². The summed E-state index contributed by atoms with van der Waals surface area (Å²) in [6.07, 6.45) is 0. The minimum absolute atomic E-state index is 0.429. The monoisotopic (exact) mass is 241 g/mol. The van der Waals surface area contributed by atoms with Gasteiger partial charge in [0.25, 0.3) is 0 Å². The van der Waals surface area contributed by atoms with Crippen LogP contribution in [0.2, 0.25) is 0 Å². The highest BCUT2D eigenvalue weighted by Crippen LogP contribution is 2.29. The van der Waals surface area contributed by atoms with Crippen LogP contribution in [0.3, 0.4) is 0 Å². The number of nitrogens with zero attached hydrogens (tertiary/aromatic N) is 2. The SMILES string of the molecule is Cc1cc(C)c(C)c(-c2ccc(CN)nn2)c1C. The smallest absolute Gasteiger partial charge is 0.0935 e. The summed E-state index contributed by atoms with van der Waals surface area (Å²) in [4.78, 5) is 0. The predicted octanol–water partition coefficient (Wildman–Crippen LogP) is 2.84. The van der Waals surface area contributed by atoms with Gasteiger partial charge in [0, 0.05) is 12.1 Å². The largest absolute Gasteiger partial charge is 0.325 e. The molecule has 0 aliphatic heterocycles. The van der Waals surface area contributed by atoms with Crippen molar-refractivity contribution in [1.82, 2.24) is 10.2 Å². The third kappa shape index (κ3) is 2.14. The van der Waals surface area contributed by atoms with Crippen molar-refractivity contribution in [3.63, 3.8) is 0 Å². The molecule has 3 nitrogen and oxygen atoms in total. The summed E-state index contributed by atoms with van der Waals surface area (Å²) in [5.41, 5.74) is 13.6. The molecule has 0 atom stereocenters. The molecule has 0 amide bonds. The van der Waals surface area contributed by atoms with E-state index in [1.807, 2.05) is 12.1 Å². The number of aryl methyl sites for hydroxylation is 2. The molecule has 1 aromatic carbocycles. The molecular weight excluding hydrogens is 222 g/mol. The third-order valence-electron chi connectivity index (χ3n) is 3.55. The van der Waals surface area contributed by atoms with Crippen LogP contribution in [-0.4, -0.2) is 10.2 Å². The van der Waals surface area contributed by atoms with Crippen LogP contribution in [0.1, 0.15) is 27.9 Å². The summed E-state index contributed by atoms with van der Waals surface area (Å²) >= 11 is 0. The van der Waals surface area contributed by atoms with Gasteiger partial charge in [0.05, 0.1) is 11.4 Å². The minimum atomic E-state index is 0.429. The van der Waals surface area contributed by atoms with Gasteiger partial charge in [-0.3, -0.25) is 0 Å². The summed E-state index contributed by atoms with van der Waals surface area (Å²) < 4.78 is 0. The maximum atomic E-state index is 5.54. The van der Waals surface area contributed by atoms with E-state index in [2.05, 4.69) is 44.0 Å². The molecule has 0 aliphatic carbocycles. The fourth-order valence-electron chi connectivity index (χ4n) is 2.20. The Hall–Kier alpha value is -1.74. The lowest BCUT2D eigenvalue weighted by Gasteiger charge is -2.14. The van der Waals surface area contributed by atoms with E-state index in [0.29, 0.717) is 6.54 Å². The second kappa shape index (κ2) is 4.86. The highest BCUT2D eigenvalue weighted by molar-refractivity contribution is 5.70. The third-order valence-corrected chi connectivity index (χ3v) is 3.55. The summed E-state index contributed by atoms with van der Waals surface area (Å²) in [5, 5.41) is 8.43. The molecule has 1 heterocycles. The number of aromatic nitrogens is 2. The zero-order valence-corrected chi connectivity index (χ0v) is 11.4. The number of rotatable bonds is 2. The second-order valence-electron chi connectivity index (χ2n) is 4.75. The van der Waals surface area contributed by atoms with Crippen LogP contribution in [0, 0.1) is 27.7 Å². The van der Waals surface area contributed by atoms with Gasteiger partial charge in [-0.05, 0) is 62.1 Å². The van der Waals surface area contributed by atoms with Gasteiger partial charge in [0.1, 0.15) is 0 Å². The lowest BCUT2D eigenvalue weighted by molar-refractivity contribution is 0.901. The molecule has 18 heavy (non-hydrogen) atoms. The van der Waals surface area contributed by atoms with Crippen LogP contribution < -0.4 is 5.73 Å². The molecule has 0 saturated carbocycles. The molecule has 1 aromatic heterocycles. The summed E-state index contributed by atoms with van der Waals surface area (Å²) in [6, 6.07) is 6.16. The van der Waals surface area contributed by atoms with Crippen molar-refractivity contribution in [2.75, 3.05) is 0 Å². The van der Waals surface area contributed by atoms with Gasteiger partial charge in [-0.1, -0.05) is 6.07 Å². The second-order valence-corrected chi connectivity index (χ2v) is 4.75. The normalized spacial score (nSPS) is 10.7. The quantitative estimate of drug-likeness (QED) is 0.879. The lowest BCUT2D eigenvalue weighted by Crippen LogP contribution is -2.03. The van der Waals surface area contributed by atoms with Crippen LogP contribution in [0.4, 0.5) is 0 Å². The zero-order chi connectivity index (χ0) is 13.3. The molecule has 0 spiro atoms. The predicted molar refractivity (Wildman–Crippen MR) is 74.3 cm³/mol. The lowest BCUT2D eigenvalue weighted by atomic mass is 9.92. The maximum absolute atomic E-state index is 5.54. The Kier molecular flexibility index (Phi) is 3.43. The number of hydrogen-bond acceptors (Lipinski definition) is 3. The van der Waals surface area contributed by atoms with Crippen molar-refractivity contribution in [2.24, 2.45) is 5.73 Å². The fraction of sp³-hybridized carbons (Fsp3) is 0.333. The summed E-state index contributed by atoms with van der Waals surface area (Å²) in [6.45, 7) is 8.96. The first kappa shape index (κ1) is 12.7. The van der Waals surface area contributed by atoms with Crippen molar-refractivity contribution in [2.45, 2.75) is 34.2 Å². The Morgan fingerprint density at radius 1 is 0.944 bits per heavy atom. The summed E-state index contributed by atoms with van der Waals surface area (Å²) in [5.74, 6) is 0. The molecule has 2 aromatic rings. The Morgan fingerprint density at radius 3 is 2.00 bits per heavy atom. The maximum Gasteiger partial charge on any atom is 0.0935 e. The minimum Gasteiger partial charge on any atom is -0.325 e. The topological polar surface area (TPSA) is 51.8 Å². The van der Waals surface area contributed by atoms with Crippen LogP contribution in [0.5, 0.6) is 0 Å². The first-order chi connectivity index (χ1) is 8.54. The van der Waals surface area contributed by atoms with E-state index >= 15 is 0 Å². The van der Waals surface area contributed by atoms with Crippen molar-refractivity contribution >= 4 is 0 Å². The molecule has 0 radical (unpaired) electrons. The molecule has 2 rings (SSSR count). The Morgan fingerprint density at radius 2 is 1.56 bits per heavy atom. The molecule has 0 saturated heterocycles. The van der Waals surface area contributed by atoms with Gasteiger partial charge in [-0.15, -0.1) is 0 Å². The van der Waals surface area contributed by atoms with E-state index in [1.165, 1.54) is 27.8 Å². The summed E-state index contributed by atoms with van der Waals surface area (Å²) in [7, 11) is 0. The van der Waals surface area contributed by atoms with Crippen molar-refractivity contribution < 1.29 is 0 Å². The molecule has 3 heteroatoms. The molecule has 0 bridgehead atoms. The first-order valence-corrected chi connectivity index (χ1v) is 6.15. The van der Waals surface area contributed by atoms with Gasteiger partial charge in [0.15, 0.2) is 0 Å². The first-order valence-electron chi connectivity index (χ1n) is 6.15. The fourth-order valence-corrected chi connectivity index (χ4v) is 2.20. The Labute approximate surface area is 108 Å². The molecule has 0 unspecified atom stereocenters. The van der Waals surface area contributed by atoms with E-state index < -0.39 is 0 Å². The van der Waals surface area contributed by atoms with Crippen LogP contribution in [-0.2, 0) is 6.54 Å². The van der Waals surface area contributed by atoms with Gasteiger partial charge < -0.3 is 5.73 Å². The van der Waals surface area contributed by atoms with Crippen LogP contribution in [0.25, 0.3) is 11.3 Å². The van der Waals surface area contributed by atoms with Crippen LogP contribution >= 0.6 is 0 Å². The van der Waals surface area contributed by atoms with Crippen molar-refractivity contribution in [1.29, 1.82) is 0 Å². The average molecular weight is 241 g/mol. The standard InChI is InChI=1S/C15H19N3/c1-9-7-10(2)12(4)15(11(9)3)14-6-5-13(8-16)17-18-14/h5-7H,8,16H2,1-4H3. The molecular formula is C15H19N3. The Balaban J connectivity index is 2.62. The molecule has 0 fully saturated rings. The van der Waals surface area contributed by atoms with Gasteiger partial charge in [-0.25, -0.2) is 0 Å². The zero-order valence-electron chi connectivity index (χ0n) is 11.4. The highest BCUT2D eigenvalue weighted by Gasteiger charge is 2.11. The van der Waals surface area contributed by atoms with E-state index in [1.54, 1.807) is 0 Å². The van der Waals surface area contributed by atoms with E-state index in [9.17, 15) is 0 Å².